The van der Waals surface area contributed by atoms with Crippen LogP contribution in [0, 0.1) is 0 Å². The van der Waals surface area contributed by atoms with Gasteiger partial charge in [-0.3, -0.25) is 9.38 Å². The van der Waals surface area contributed by atoms with Crippen LogP contribution in [-0.2, 0) is 6.18 Å². The van der Waals surface area contributed by atoms with E-state index in [1.54, 1.807) is 23.0 Å². The number of rotatable bonds is 1. The Kier molecular flexibility index (Phi) is 3.18. The first kappa shape index (κ1) is 15.7. The number of fused-ring (bicyclic) bond motifs is 4. The quantitative estimate of drug-likeness (QED) is 0.439. The van der Waals surface area contributed by atoms with Gasteiger partial charge in [-0.25, -0.2) is 15.0 Å². The van der Waals surface area contributed by atoms with Crippen molar-refractivity contribution in [1.29, 1.82) is 0 Å². The average molecular weight is 365 g/mol. The molecule has 27 heavy (non-hydrogen) atoms. The average Bonchev–Trinajstić information content (AvgIpc) is 3.02. The van der Waals surface area contributed by atoms with Gasteiger partial charge in [-0.2, -0.15) is 13.2 Å². The van der Waals surface area contributed by atoms with Crippen molar-refractivity contribution in [3.8, 4) is 11.1 Å². The smallest absolute Gasteiger partial charge is 0.283 e. The van der Waals surface area contributed by atoms with Gasteiger partial charge in [0.15, 0.2) is 11.3 Å². The van der Waals surface area contributed by atoms with Crippen molar-refractivity contribution in [3.05, 3.63) is 66.6 Å². The Labute approximate surface area is 150 Å². The van der Waals surface area contributed by atoms with Crippen molar-refractivity contribution in [2.45, 2.75) is 6.18 Å². The number of aromatic nitrogens is 5. The predicted octanol–water partition coefficient (Wildman–Crippen LogP) is 4.51. The van der Waals surface area contributed by atoms with Crippen molar-refractivity contribution in [1.82, 2.24) is 24.3 Å². The molecule has 0 aliphatic carbocycles. The molecule has 0 amide bonds. The number of hydrogen-bond donors (Lipinski definition) is 0. The third kappa shape index (κ3) is 2.57. The minimum Gasteiger partial charge on any atom is -0.283 e. The highest BCUT2D eigenvalue weighted by molar-refractivity contribution is 5.86. The molecular weight excluding hydrogens is 355 g/mol. The van der Waals surface area contributed by atoms with Crippen LogP contribution in [0.2, 0.25) is 0 Å². The van der Waals surface area contributed by atoms with Crippen molar-refractivity contribution < 1.29 is 13.2 Å². The lowest BCUT2D eigenvalue weighted by molar-refractivity contribution is -0.137. The molecule has 0 bridgehead atoms. The maximum absolute atomic E-state index is 13.0. The predicted molar refractivity (Wildman–Crippen MR) is 94.0 cm³/mol. The number of halogens is 3. The molecule has 132 valence electrons. The third-order valence-corrected chi connectivity index (χ3v) is 4.35. The zero-order chi connectivity index (χ0) is 18.6. The molecule has 0 aliphatic heterocycles. The van der Waals surface area contributed by atoms with E-state index in [0.29, 0.717) is 22.5 Å². The van der Waals surface area contributed by atoms with Gasteiger partial charge in [-0.05, 0) is 53.6 Å². The maximum Gasteiger partial charge on any atom is 0.416 e. The summed E-state index contributed by atoms with van der Waals surface area (Å²) in [4.78, 5) is 17.2. The Morgan fingerprint density at radius 3 is 2.37 bits per heavy atom. The first-order valence-corrected chi connectivity index (χ1v) is 8.06. The fraction of sp³-hybridized carbons (Fsp3) is 0.0526. The van der Waals surface area contributed by atoms with E-state index in [4.69, 9.17) is 0 Å². The fourth-order valence-corrected chi connectivity index (χ4v) is 3.03. The minimum atomic E-state index is -4.43. The summed E-state index contributed by atoms with van der Waals surface area (Å²) in [5.41, 5.74) is 3.14. The fourth-order valence-electron chi connectivity index (χ4n) is 3.03. The van der Waals surface area contributed by atoms with Crippen LogP contribution in [0.15, 0.2) is 61.1 Å². The lowest BCUT2D eigenvalue weighted by atomic mass is 10.1. The van der Waals surface area contributed by atoms with E-state index in [9.17, 15) is 13.2 Å². The molecule has 0 fully saturated rings. The van der Waals surface area contributed by atoms with Crippen molar-refractivity contribution in [2.75, 3.05) is 0 Å². The summed E-state index contributed by atoms with van der Waals surface area (Å²) in [6, 6.07) is 10.9. The van der Waals surface area contributed by atoms with E-state index in [2.05, 4.69) is 19.9 Å². The van der Waals surface area contributed by atoms with Crippen LogP contribution in [0.1, 0.15) is 5.56 Å². The normalized spacial score (nSPS) is 12.3. The summed E-state index contributed by atoms with van der Waals surface area (Å²) in [6.45, 7) is 0. The molecule has 0 saturated carbocycles. The molecule has 5 aromatic rings. The van der Waals surface area contributed by atoms with Crippen LogP contribution in [0.5, 0.6) is 0 Å². The van der Waals surface area contributed by atoms with Gasteiger partial charge >= 0.3 is 6.18 Å². The Hall–Kier alpha value is -3.55. The molecule has 5 nitrogen and oxygen atoms in total. The number of benzene rings is 1. The summed E-state index contributed by atoms with van der Waals surface area (Å²) in [5.74, 6) is 0. The summed E-state index contributed by atoms with van der Waals surface area (Å²) in [6.07, 6.45) is 0.767. The van der Waals surface area contributed by atoms with E-state index in [0.717, 1.165) is 23.3 Å². The first-order valence-electron chi connectivity index (χ1n) is 8.06. The van der Waals surface area contributed by atoms with Crippen LogP contribution < -0.4 is 0 Å². The lowest BCUT2D eigenvalue weighted by Crippen LogP contribution is -2.04. The van der Waals surface area contributed by atoms with Gasteiger partial charge in [-0.15, -0.1) is 0 Å². The molecule has 4 heterocycles. The lowest BCUT2D eigenvalue weighted by Gasteiger charge is -2.06. The summed E-state index contributed by atoms with van der Waals surface area (Å²) < 4.78 is 40.6. The van der Waals surface area contributed by atoms with Crippen molar-refractivity contribution in [3.63, 3.8) is 0 Å². The van der Waals surface area contributed by atoms with Gasteiger partial charge in [0.1, 0.15) is 5.65 Å². The Morgan fingerprint density at radius 2 is 1.59 bits per heavy atom. The van der Waals surface area contributed by atoms with Gasteiger partial charge in [0.25, 0.3) is 0 Å². The van der Waals surface area contributed by atoms with Gasteiger partial charge in [0, 0.05) is 18.6 Å². The number of nitrogens with zero attached hydrogens (tertiary/aromatic N) is 5. The molecule has 0 N–H and O–H groups in total. The van der Waals surface area contributed by atoms with Crippen LogP contribution in [0.25, 0.3) is 39.1 Å². The summed E-state index contributed by atoms with van der Waals surface area (Å²) >= 11 is 0. The zero-order valence-corrected chi connectivity index (χ0v) is 13.6. The first-order chi connectivity index (χ1) is 13.0. The van der Waals surface area contributed by atoms with E-state index >= 15 is 0 Å². The molecular formula is C19H10F3N5. The molecule has 4 aromatic heterocycles. The van der Waals surface area contributed by atoms with E-state index in [1.165, 1.54) is 6.07 Å². The molecule has 1 aromatic carbocycles. The highest BCUT2D eigenvalue weighted by atomic mass is 19.4. The van der Waals surface area contributed by atoms with E-state index < -0.39 is 11.7 Å². The standard InChI is InChI=1S/C19H10F3N5/c20-19(21,22)13-1-2-14-15(10-13)25-18-17(24-14)26-16-9-12(5-8-27(16)18)11-3-6-23-7-4-11/h1-10H. The monoisotopic (exact) mass is 365 g/mol. The number of hydrogen-bond acceptors (Lipinski definition) is 4. The van der Waals surface area contributed by atoms with E-state index in [-0.39, 0.29) is 5.52 Å². The zero-order valence-electron chi connectivity index (χ0n) is 13.6. The summed E-state index contributed by atoms with van der Waals surface area (Å²) in [7, 11) is 0. The van der Waals surface area contributed by atoms with Crippen molar-refractivity contribution in [2.24, 2.45) is 0 Å². The van der Waals surface area contributed by atoms with Gasteiger partial charge in [-0.1, -0.05) is 0 Å². The molecule has 0 saturated heterocycles. The van der Waals surface area contributed by atoms with Gasteiger partial charge in [0.05, 0.1) is 16.6 Å². The van der Waals surface area contributed by atoms with Crippen LogP contribution in [0.3, 0.4) is 0 Å². The third-order valence-electron chi connectivity index (χ3n) is 4.35. The molecule has 0 atom stereocenters. The number of pyridine rings is 2. The largest absolute Gasteiger partial charge is 0.416 e. The maximum atomic E-state index is 13.0. The summed E-state index contributed by atoms with van der Waals surface area (Å²) in [5, 5.41) is 0. The number of alkyl halides is 3. The van der Waals surface area contributed by atoms with Crippen molar-refractivity contribution >= 4 is 28.0 Å². The topological polar surface area (TPSA) is 56.0 Å². The van der Waals surface area contributed by atoms with Crippen LogP contribution in [-0.4, -0.2) is 24.3 Å². The highest BCUT2D eigenvalue weighted by Gasteiger charge is 2.30. The Bertz CT molecular complexity index is 1310. The van der Waals surface area contributed by atoms with Crippen LogP contribution in [0.4, 0.5) is 13.2 Å². The Morgan fingerprint density at radius 1 is 0.778 bits per heavy atom. The molecule has 8 heteroatoms. The second-order valence-electron chi connectivity index (χ2n) is 6.06. The highest BCUT2D eigenvalue weighted by Crippen LogP contribution is 2.31. The SMILES string of the molecule is FC(F)(F)c1ccc2nc3nc4cc(-c5ccncc5)ccn4c3nc2c1. The second kappa shape index (κ2) is 5.47. The molecule has 0 unspecified atom stereocenters. The molecule has 0 aliphatic rings. The molecule has 0 spiro atoms. The Balaban J connectivity index is 1.73. The van der Waals surface area contributed by atoms with Crippen LogP contribution >= 0.6 is 0 Å². The number of imidazole rings is 1. The minimum absolute atomic E-state index is 0.178. The molecule has 5 rings (SSSR count). The second-order valence-corrected chi connectivity index (χ2v) is 6.06. The van der Waals surface area contributed by atoms with Gasteiger partial charge < -0.3 is 0 Å². The van der Waals surface area contributed by atoms with E-state index in [1.807, 2.05) is 24.3 Å². The van der Waals surface area contributed by atoms with Gasteiger partial charge in [0.2, 0.25) is 0 Å². The molecule has 0 radical (unpaired) electrons.